The van der Waals surface area contributed by atoms with Crippen molar-refractivity contribution in [2.45, 2.75) is 26.8 Å². The molecular formula is C20H29N7. The summed E-state index contributed by atoms with van der Waals surface area (Å²) >= 11 is 0. The monoisotopic (exact) mass is 367 g/mol. The minimum absolute atomic E-state index is 0.0246. The molecular weight excluding hydrogens is 338 g/mol. The Morgan fingerprint density at radius 2 is 1.96 bits per heavy atom. The fourth-order valence-electron chi connectivity index (χ4n) is 3.59. The highest BCUT2D eigenvalue weighted by Gasteiger charge is 2.22. The third kappa shape index (κ3) is 4.60. The van der Waals surface area contributed by atoms with Crippen molar-refractivity contribution in [2.75, 3.05) is 31.1 Å². The molecule has 1 aromatic heterocycles. The molecule has 0 aliphatic carbocycles. The van der Waals surface area contributed by atoms with Gasteiger partial charge in [-0.2, -0.15) is 0 Å². The van der Waals surface area contributed by atoms with Crippen molar-refractivity contribution in [2.24, 2.45) is 18.1 Å². The summed E-state index contributed by atoms with van der Waals surface area (Å²) in [7, 11) is 2.03. The Bertz CT molecular complexity index is 800. The molecule has 7 heteroatoms. The molecule has 0 spiro atoms. The largest absolute Gasteiger partial charge is 0.368 e. The average molecular weight is 368 g/mol. The molecule has 0 saturated carbocycles. The van der Waals surface area contributed by atoms with Crippen LogP contribution in [0, 0.1) is 16.9 Å². The van der Waals surface area contributed by atoms with E-state index in [4.69, 9.17) is 10.9 Å². The molecule has 1 aromatic carbocycles. The Balaban J connectivity index is 1.74. The van der Waals surface area contributed by atoms with E-state index in [1.807, 2.05) is 25.5 Å². The highest BCUT2D eigenvalue weighted by Crippen LogP contribution is 2.26. The van der Waals surface area contributed by atoms with E-state index >= 15 is 0 Å². The first-order chi connectivity index (χ1) is 13.0. The van der Waals surface area contributed by atoms with Gasteiger partial charge in [-0.05, 0) is 30.0 Å². The summed E-state index contributed by atoms with van der Waals surface area (Å²) in [6, 6.07) is 6.20. The standard InChI is InChI=1S/C20H29N7/c1-15(2)12-16-4-5-17(20(21)24-22)18(13-16)27-10-8-26(9-11-27)14-19-23-6-7-25(19)3/h4-7,13,15,21-22H,8-12,14H2,1-3H3. The number of rotatable bonds is 6. The molecule has 1 aliphatic heterocycles. The Kier molecular flexibility index (Phi) is 6.01. The van der Waals surface area contributed by atoms with Crippen LogP contribution in [0.25, 0.3) is 0 Å². The van der Waals surface area contributed by atoms with Gasteiger partial charge in [0.25, 0.3) is 0 Å². The van der Waals surface area contributed by atoms with Gasteiger partial charge >= 0.3 is 0 Å². The minimum atomic E-state index is 0.0246. The Hall–Kier alpha value is -2.54. The maximum absolute atomic E-state index is 8.04. The maximum Gasteiger partial charge on any atom is 0.175 e. The van der Waals surface area contributed by atoms with E-state index in [1.54, 1.807) is 0 Å². The van der Waals surface area contributed by atoms with Crippen LogP contribution in [0.4, 0.5) is 5.69 Å². The number of hydrogen-bond donors (Lipinski definition) is 2. The molecule has 0 unspecified atom stereocenters. The van der Waals surface area contributed by atoms with Crippen LogP contribution >= 0.6 is 0 Å². The van der Waals surface area contributed by atoms with Crippen LogP contribution in [0.15, 0.2) is 35.7 Å². The SMILES string of the molecule is CC(C)Cc1ccc(C(=N)N=N)c(N2CCN(Cc3nccn3C)CC2)c1. The number of aromatic nitrogens is 2. The van der Waals surface area contributed by atoms with Crippen LogP contribution in [0.3, 0.4) is 0 Å². The van der Waals surface area contributed by atoms with Gasteiger partial charge in [0.15, 0.2) is 5.84 Å². The summed E-state index contributed by atoms with van der Waals surface area (Å²) < 4.78 is 2.07. The van der Waals surface area contributed by atoms with E-state index in [1.165, 1.54) is 5.56 Å². The second kappa shape index (κ2) is 8.43. The maximum atomic E-state index is 8.04. The predicted molar refractivity (Wildman–Crippen MR) is 108 cm³/mol. The van der Waals surface area contributed by atoms with Gasteiger partial charge in [0.2, 0.25) is 0 Å². The zero-order chi connectivity index (χ0) is 19.4. The topological polar surface area (TPSA) is 84.4 Å². The summed E-state index contributed by atoms with van der Waals surface area (Å²) in [4.78, 5) is 9.16. The van der Waals surface area contributed by atoms with Gasteiger partial charge in [-0.1, -0.05) is 19.9 Å². The van der Waals surface area contributed by atoms with Gasteiger partial charge in [0.1, 0.15) is 5.82 Å². The normalized spacial score (nSPS) is 15.3. The Labute approximate surface area is 161 Å². The Morgan fingerprint density at radius 1 is 1.22 bits per heavy atom. The molecule has 2 heterocycles. The van der Waals surface area contributed by atoms with E-state index in [2.05, 4.69) is 50.4 Å². The van der Waals surface area contributed by atoms with Gasteiger partial charge in [-0.3, -0.25) is 10.3 Å². The lowest BCUT2D eigenvalue weighted by Crippen LogP contribution is -2.46. The fraction of sp³-hybridized carbons (Fsp3) is 0.500. The van der Waals surface area contributed by atoms with Crippen LogP contribution < -0.4 is 4.90 Å². The molecule has 3 rings (SSSR count). The number of piperazine rings is 1. The van der Waals surface area contributed by atoms with Gasteiger partial charge in [0, 0.05) is 56.9 Å². The van der Waals surface area contributed by atoms with Crippen LogP contribution in [0.2, 0.25) is 0 Å². The van der Waals surface area contributed by atoms with Gasteiger partial charge in [-0.25, -0.2) is 10.5 Å². The van der Waals surface area contributed by atoms with E-state index in [0.29, 0.717) is 5.92 Å². The van der Waals surface area contributed by atoms with Gasteiger partial charge in [-0.15, -0.1) is 5.11 Å². The third-order valence-electron chi connectivity index (χ3n) is 5.07. The average Bonchev–Trinajstić information content (AvgIpc) is 3.06. The smallest absolute Gasteiger partial charge is 0.175 e. The summed E-state index contributed by atoms with van der Waals surface area (Å²) in [6.45, 7) is 8.98. The first-order valence-electron chi connectivity index (χ1n) is 9.50. The van der Waals surface area contributed by atoms with E-state index in [-0.39, 0.29) is 5.84 Å². The summed E-state index contributed by atoms with van der Waals surface area (Å²) in [5.41, 5.74) is 10.3. The molecule has 0 radical (unpaired) electrons. The molecule has 1 fully saturated rings. The minimum Gasteiger partial charge on any atom is -0.368 e. The molecule has 0 amide bonds. The summed E-state index contributed by atoms with van der Waals surface area (Å²) in [6.07, 6.45) is 4.83. The number of hydrogen-bond acceptors (Lipinski definition) is 5. The first-order valence-corrected chi connectivity index (χ1v) is 9.50. The second-order valence-electron chi connectivity index (χ2n) is 7.63. The molecule has 2 N–H and O–H groups in total. The molecule has 144 valence electrons. The lowest BCUT2D eigenvalue weighted by Gasteiger charge is -2.37. The zero-order valence-electron chi connectivity index (χ0n) is 16.4. The van der Waals surface area contributed by atoms with Crippen molar-refractivity contribution in [3.63, 3.8) is 0 Å². The second-order valence-corrected chi connectivity index (χ2v) is 7.63. The Morgan fingerprint density at radius 3 is 2.56 bits per heavy atom. The van der Waals surface area contributed by atoms with Crippen LogP contribution in [-0.2, 0) is 20.0 Å². The quantitative estimate of drug-likeness (QED) is 0.467. The first kappa shape index (κ1) is 19.2. The van der Waals surface area contributed by atoms with Crippen molar-refractivity contribution in [3.8, 4) is 0 Å². The van der Waals surface area contributed by atoms with Crippen LogP contribution in [0.1, 0.15) is 30.8 Å². The highest BCUT2D eigenvalue weighted by atomic mass is 15.3. The van der Waals surface area contributed by atoms with Gasteiger partial charge in [0.05, 0.1) is 6.54 Å². The van der Waals surface area contributed by atoms with E-state index in [0.717, 1.165) is 56.2 Å². The molecule has 2 aromatic rings. The molecule has 0 atom stereocenters. The number of imidazole rings is 1. The summed E-state index contributed by atoms with van der Waals surface area (Å²) in [5, 5.41) is 11.4. The van der Waals surface area contributed by atoms with Crippen molar-refractivity contribution >= 4 is 11.5 Å². The van der Waals surface area contributed by atoms with E-state index in [9.17, 15) is 0 Å². The van der Waals surface area contributed by atoms with Crippen molar-refractivity contribution < 1.29 is 0 Å². The van der Waals surface area contributed by atoms with Crippen molar-refractivity contribution in [3.05, 3.63) is 47.5 Å². The number of amidine groups is 1. The molecule has 7 nitrogen and oxygen atoms in total. The van der Waals surface area contributed by atoms with Crippen molar-refractivity contribution in [1.82, 2.24) is 14.5 Å². The molecule has 1 aliphatic rings. The molecule has 1 saturated heterocycles. The summed E-state index contributed by atoms with van der Waals surface area (Å²) in [5.74, 6) is 1.69. The number of aryl methyl sites for hydroxylation is 1. The molecule has 0 bridgehead atoms. The van der Waals surface area contributed by atoms with Gasteiger partial charge < -0.3 is 9.47 Å². The predicted octanol–water partition coefficient (Wildman–Crippen LogP) is 3.30. The number of benzene rings is 1. The van der Waals surface area contributed by atoms with Crippen LogP contribution in [0.5, 0.6) is 0 Å². The number of nitrogens with one attached hydrogen (secondary N) is 2. The number of anilines is 1. The zero-order valence-corrected chi connectivity index (χ0v) is 16.4. The highest BCUT2D eigenvalue weighted by molar-refractivity contribution is 6.01. The van der Waals surface area contributed by atoms with E-state index < -0.39 is 0 Å². The number of nitrogens with zero attached hydrogens (tertiary/aromatic N) is 5. The lowest BCUT2D eigenvalue weighted by molar-refractivity contribution is 0.242. The lowest BCUT2D eigenvalue weighted by atomic mass is 9.99. The van der Waals surface area contributed by atoms with Crippen molar-refractivity contribution in [1.29, 1.82) is 10.9 Å². The molecule has 27 heavy (non-hydrogen) atoms. The van der Waals surface area contributed by atoms with Crippen LogP contribution in [-0.4, -0.2) is 46.5 Å². The third-order valence-corrected chi connectivity index (χ3v) is 5.07. The fourth-order valence-corrected chi connectivity index (χ4v) is 3.59.